The van der Waals surface area contributed by atoms with Crippen LogP contribution >= 0.6 is 21.0 Å². The van der Waals surface area contributed by atoms with Gasteiger partial charge in [-0.05, 0) is 24.3 Å². The van der Waals surface area contributed by atoms with Crippen LogP contribution in [0.5, 0.6) is 0 Å². The molecule has 0 amide bonds. The van der Waals surface area contributed by atoms with Crippen LogP contribution in [0.25, 0.3) is 0 Å². The summed E-state index contributed by atoms with van der Waals surface area (Å²) in [5.41, 5.74) is 9.64. The van der Waals surface area contributed by atoms with Gasteiger partial charge in [-0.15, -0.1) is 0 Å². The topological polar surface area (TPSA) is 70.9 Å². The monoisotopic (exact) mass is 484 g/mol. The Kier molecular flexibility index (Phi) is 5.60. The number of nitrogens with one attached hydrogen (secondary N) is 2. The average molecular weight is 484 g/mol. The van der Waals surface area contributed by atoms with Crippen LogP contribution in [-0.2, 0) is 0 Å². The van der Waals surface area contributed by atoms with Crippen LogP contribution in [0.4, 0.5) is 0 Å². The van der Waals surface area contributed by atoms with Gasteiger partial charge in [-0.1, -0.05) is 19.9 Å². The molecule has 0 saturated carbocycles. The Bertz CT molecular complexity index is 727. The molecule has 8 nitrogen and oxygen atoms in total. The summed E-state index contributed by atoms with van der Waals surface area (Å²) in [6, 6.07) is 0.355. The molecule has 27 heavy (non-hydrogen) atoms. The molecule has 0 spiro atoms. The third-order valence-corrected chi connectivity index (χ3v) is 6.85. The Balaban J connectivity index is 1.42. The van der Waals surface area contributed by atoms with Crippen molar-refractivity contribution in [1.29, 1.82) is 0 Å². The van der Waals surface area contributed by atoms with Crippen molar-refractivity contribution >= 4 is 31.1 Å². The molecule has 148 valence electrons. The highest BCUT2D eigenvalue weighted by atomic mass is 127. The molecule has 0 aromatic rings. The number of likely N-dealkylation sites (N-methyl/N-ethyl adjacent to an activating group) is 1. The van der Waals surface area contributed by atoms with Crippen molar-refractivity contribution in [2.24, 2.45) is 25.1 Å². The number of amidine groups is 1. The number of hydrazone groups is 1. The molecule has 2 N–H and O–H groups in total. The number of hydrazine groups is 2. The molecule has 4 aliphatic rings. The van der Waals surface area contributed by atoms with E-state index in [1.165, 1.54) is 5.57 Å². The van der Waals surface area contributed by atoms with Crippen molar-refractivity contribution in [2.45, 2.75) is 38.9 Å². The van der Waals surface area contributed by atoms with Crippen molar-refractivity contribution < 1.29 is 0 Å². The fourth-order valence-corrected chi connectivity index (χ4v) is 5.24. The summed E-state index contributed by atoms with van der Waals surface area (Å²) < 4.78 is 6.50. The predicted octanol–water partition coefficient (Wildman–Crippen LogP) is 2.23. The first kappa shape index (κ1) is 19.0. The molecule has 0 aliphatic carbocycles. The minimum absolute atomic E-state index is 0.154. The lowest BCUT2D eigenvalue weighted by Crippen LogP contribution is -2.59. The van der Waals surface area contributed by atoms with Crippen LogP contribution in [0.2, 0.25) is 0 Å². The molecular formula is C18H29IN8. The molecule has 4 rings (SSSR count). The number of fused-ring (bicyclic) bond motifs is 1. The number of hydrogen-bond acceptors (Lipinski definition) is 8. The summed E-state index contributed by atoms with van der Waals surface area (Å²) in [6.45, 7) is 6.29. The van der Waals surface area contributed by atoms with Crippen LogP contribution in [0.1, 0.15) is 26.7 Å². The second-order valence-electron chi connectivity index (χ2n) is 7.87. The zero-order chi connectivity index (χ0) is 19.0. The maximum absolute atomic E-state index is 4.64. The summed E-state index contributed by atoms with van der Waals surface area (Å²) in [6.07, 6.45) is 6.75. The van der Waals surface area contributed by atoms with Crippen LogP contribution < -0.4 is 10.9 Å². The number of nitrogens with zero attached hydrogens (tertiary/aromatic N) is 6. The lowest BCUT2D eigenvalue weighted by molar-refractivity contribution is 0.112. The van der Waals surface area contributed by atoms with Crippen molar-refractivity contribution in [3.63, 3.8) is 0 Å². The predicted molar refractivity (Wildman–Crippen MR) is 117 cm³/mol. The molecule has 1 fully saturated rings. The van der Waals surface area contributed by atoms with Gasteiger partial charge in [0.1, 0.15) is 12.0 Å². The number of hydrogen-bond donors (Lipinski definition) is 2. The summed E-state index contributed by atoms with van der Waals surface area (Å²) in [5.74, 6) is 1.98. The van der Waals surface area contributed by atoms with E-state index in [0.717, 1.165) is 37.5 Å². The summed E-state index contributed by atoms with van der Waals surface area (Å²) in [5, 5.41) is 11.3. The molecule has 0 radical (unpaired) electrons. The third kappa shape index (κ3) is 4.09. The molecule has 4 aliphatic heterocycles. The minimum atomic E-state index is -0.154. The molecule has 4 heterocycles. The van der Waals surface area contributed by atoms with Gasteiger partial charge < -0.3 is 5.01 Å². The summed E-state index contributed by atoms with van der Waals surface area (Å²) >= 11 is -0.154. The standard InChI is InChI=1S/C18H29IN8/c1-12(5-15-8-21-19-11-20-15)6-17-22-23-18-13(2)7-16(24-27(17)18)14-9-25(3)26(4)10-14/h5,9,11-13,16-17,22,24H,6-8,10H2,1-4H3/b15-5+/t12?,13-,16-,17-/m1/s1. The van der Waals surface area contributed by atoms with Gasteiger partial charge in [0.25, 0.3) is 0 Å². The number of rotatable bonds is 4. The van der Waals surface area contributed by atoms with Crippen molar-refractivity contribution in [3.05, 3.63) is 23.5 Å². The lowest BCUT2D eigenvalue weighted by atomic mass is 9.93. The SMILES string of the molecule is CC(/C=C1\CN=IC=N1)C[C@@H]1NN=C2[C@H](C)C[C@H](C3=CN(C)N(C)C3)NN21. The van der Waals surface area contributed by atoms with E-state index in [-0.39, 0.29) is 27.2 Å². The van der Waals surface area contributed by atoms with Crippen LogP contribution in [0.15, 0.2) is 36.8 Å². The zero-order valence-electron chi connectivity index (χ0n) is 16.4. The van der Waals surface area contributed by atoms with Crippen molar-refractivity contribution in [2.75, 3.05) is 27.2 Å². The fourth-order valence-electron chi connectivity index (χ4n) is 4.04. The van der Waals surface area contributed by atoms with E-state index < -0.39 is 0 Å². The second-order valence-corrected chi connectivity index (χ2v) is 9.67. The fraction of sp³-hybridized carbons (Fsp3) is 0.667. The van der Waals surface area contributed by atoms with Gasteiger partial charge in [-0.2, -0.15) is 5.10 Å². The Labute approximate surface area is 171 Å². The summed E-state index contributed by atoms with van der Waals surface area (Å²) in [4.78, 5) is 4.51. The first-order valence-corrected chi connectivity index (χ1v) is 11.8. The van der Waals surface area contributed by atoms with Gasteiger partial charge in [-0.25, -0.2) is 10.4 Å². The van der Waals surface area contributed by atoms with E-state index in [4.69, 9.17) is 0 Å². The van der Waals surface area contributed by atoms with Crippen molar-refractivity contribution in [1.82, 2.24) is 25.9 Å². The Hall–Kier alpha value is -1.33. The molecule has 1 unspecified atom stereocenters. The first-order chi connectivity index (χ1) is 13.0. The highest BCUT2D eigenvalue weighted by Crippen LogP contribution is 2.29. The van der Waals surface area contributed by atoms with Crippen LogP contribution in [-0.4, -0.2) is 64.5 Å². The molecule has 1 saturated heterocycles. The quantitative estimate of drug-likeness (QED) is 0.600. The molecule has 0 aromatic heterocycles. The second kappa shape index (κ2) is 7.96. The van der Waals surface area contributed by atoms with E-state index >= 15 is 0 Å². The average Bonchev–Trinajstić information content (AvgIpc) is 3.20. The minimum Gasteiger partial charge on any atom is -0.316 e. The Morgan fingerprint density at radius 2 is 2.26 bits per heavy atom. The lowest BCUT2D eigenvalue weighted by Gasteiger charge is -2.40. The number of allylic oxidation sites excluding steroid dienone is 1. The van der Waals surface area contributed by atoms with Gasteiger partial charge in [0.05, 0.1) is 22.5 Å². The van der Waals surface area contributed by atoms with Gasteiger partial charge in [-0.3, -0.25) is 18.6 Å². The van der Waals surface area contributed by atoms with Gasteiger partial charge in [0.2, 0.25) is 0 Å². The third-order valence-electron chi connectivity index (χ3n) is 5.58. The molecule has 0 aromatic carbocycles. The van der Waals surface area contributed by atoms with Gasteiger partial charge in [0, 0.05) is 53.8 Å². The highest BCUT2D eigenvalue weighted by Gasteiger charge is 2.39. The number of aliphatic imine (C=N–C) groups is 1. The van der Waals surface area contributed by atoms with Gasteiger partial charge >= 0.3 is 0 Å². The van der Waals surface area contributed by atoms with E-state index in [0.29, 0.717) is 17.9 Å². The molecule has 4 atom stereocenters. The van der Waals surface area contributed by atoms with E-state index in [1.54, 1.807) is 0 Å². The normalized spacial score (nSPS) is 33.5. The molecular weight excluding hydrogens is 455 g/mol. The van der Waals surface area contributed by atoms with Crippen molar-refractivity contribution in [3.8, 4) is 0 Å². The molecule has 9 heteroatoms. The first-order valence-electron chi connectivity index (χ1n) is 9.57. The number of halogens is 1. The largest absolute Gasteiger partial charge is 0.316 e. The Morgan fingerprint density at radius 1 is 1.41 bits per heavy atom. The zero-order valence-corrected chi connectivity index (χ0v) is 18.6. The van der Waals surface area contributed by atoms with Crippen LogP contribution in [0.3, 0.4) is 0 Å². The van der Waals surface area contributed by atoms with Gasteiger partial charge in [0.15, 0.2) is 0 Å². The van der Waals surface area contributed by atoms with E-state index in [2.05, 4.69) is 79.3 Å². The smallest absolute Gasteiger partial charge is 0.143 e. The van der Waals surface area contributed by atoms with E-state index in [1.807, 2.05) is 4.22 Å². The van der Waals surface area contributed by atoms with Crippen LogP contribution in [0, 0.1) is 11.8 Å². The summed E-state index contributed by atoms with van der Waals surface area (Å²) in [7, 11) is 4.23. The molecule has 0 bridgehead atoms. The highest BCUT2D eigenvalue weighted by molar-refractivity contribution is 14.2. The maximum Gasteiger partial charge on any atom is 0.143 e. The Morgan fingerprint density at radius 3 is 2.96 bits per heavy atom. The maximum atomic E-state index is 4.64. The van der Waals surface area contributed by atoms with E-state index in [9.17, 15) is 0 Å².